The van der Waals surface area contributed by atoms with Gasteiger partial charge in [-0.05, 0) is 37.3 Å². The summed E-state index contributed by atoms with van der Waals surface area (Å²) in [5.41, 5.74) is 4.24. The lowest BCUT2D eigenvalue weighted by Gasteiger charge is -2.16. The number of nitrogens with zero attached hydrogens (tertiary/aromatic N) is 1. The van der Waals surface area contributed by atoms with Crippen molar-refractivity contribution in [3.8, 4) is 0 Å². The van der Waals surface area contributed by atoms with Crippen LogP contribution in [-0.2, 0) is 6.42 Å². The molecule has 0 amide bonds. The number of hydrogen-bond donors (Lipinski definition) is 1. The van der Waals surface area contributed by atoms with Gasteiger partial charge in [0.05, 0.1) is 5.54 Å². The van der Waals surface area contributed by atoms with E-state index in [0.29, 0.717) is 0 Å². The van der Waals surface area contributed by atoms with E-state index in [0.717, 1.165) is 11.6 Å². The summed E-state index contributed by atoms with van der Waals surface area (Å²) in [7, 11) is 0. The maximum Gasteiger partial charge on any atom is 0.161 e. The summed E-state index contributed by atoms with van der Waals surface area (Å²) in [5, 5.41) is 4.72. The van der Waals surface area contributed by atoms with E-state index in [1.165, 1.54) is 48.3 Å². The zero-order chi connectivity index (χ0) is 13.3. The Labute approximate surface area is 120 Å². The molecule has 0 atom stereocenters. The van der Waals surface area contributed by atoms with Gasteiger partial charge in [-0.2, -0.15) is 0 Å². The SMILES string of the molecule is CCc1cccc(C)c1NC1=NC2(CCCC2)CS1. The Balaban J connectivity index is 1.83. The zero-order valence-electron chi connectivity index (χ0n) is 11.8. The summed E-state index contributed by atoms with van der Waals surface area (Å²) < 4.78 is 0. The molecule has 1 aliphatic carbocycles. The van der Waals surface area contributed by atoms with E-state index in [-0.39, 0.29) is 5.54 Å². The first-order valence-electron chi connectivity index (χ1n) is 7.31. The van der Waals surface area contributed by atoms with Crippen molar-refractivity contribution in [1.82, 2.24) is 0 Å². The molecule has 1 spiro atoms. The molecular formula is C16H22N2S. The van der Waals surface area contributed by atoms with Gasteiger partial charge < -0.3 is 5.32 Å². The fraction of sp³-hybridized carbons (Fsp3) is 0.562. The molecule has 19 heavy (non-hydrogen) atoms. The fourth-order valence-corrected chi connectivity index (χ4v) is 4.34. The van der Waals surface area contributed by atoms with Gasteiger partial charge in [0.25, 0.3) is 0 Å². The summed E-state index contributed by atoms with van der Waals surface area (Å²) in [6.07, 6.45) is 6.32. The number of para-hydroxylation sites is 1. The van der Waals surface area contributed by atoms with Crippen molar-refractivity contribution in [2.45, 2.75) is 51.5 Å². The van der Waals surface area contributed by atoms with E-state index < -0.39 is 0 Å². The van der Waals surface area contributed by atoms with Gasteiger partial charge in [0, 0.05) is 11.4 Å². The topological polar surface area (TPSA) is 24.4 Å². The van der Waals surface area contributed by atoms with Crippen molar-refractivity contribution in [2.24, 2.45) is 4.99 Å². The van der Waals surface area contributed by atoms with Gasteiger partial charge in [-0.3, -0.25) is 4.99 Å². The van der Waals surface area contributed by atoms with Crippen LogP contribution in [0.15, 0.2) is 23.2 Å². The molecule has 1 aliphatic heterocycles. The van der Waals surface area contributed by atoms with Crippen molar-refractivity contribution in [3.05, 3.63) is 29.3 Å². The molecular weight excluding hydrogens is 252 g/mol. The Hall–Kier alpha value is -0.960. The highest BCUT2D eigenvalue weighted by atomic mass is 32.2. The first kappa shape index (κ1) is 13.0. The molecule has 1 aromatic carbocycles. The molecule has 3 rings (SSSR count). The number of aryl methyl sites for hydroxylation is 2. The molecule has 1 heterocycles. The molecule has 0 bridgehead atoms. The lowest BCUT2D eigenvalue weighted by atomic mass is 10.0. The standard InChI is InChI=1S/C16H22N2S/c1-3-13-8-6-7-12(2)14(13)17-15-18-16(11-19-15)9-4-5-10-16/h6-8H,3-5,9-11H2,1-2H3,(H,17,18). The predicted octanol–water partition coefficient (Wildman–Crippen LogP) is 4.38. The summed E-state index contributed by atoms with van der Waals surface area (Å²) in [5.74, 6) is 1.17. The molecule has 2 aliphatic rings. The van der Waals surface area contributed by atoms with Crippen molar-refractivity contribution in [1.29, 1.82) is 0 Å². The Kier molecular flexibility index (Phi) is 3.57. The monoisotopic (exact) mass is 274 g/mol. The maximum atomic E-state index is 5.00. The first-order chi connectivity index (χ1) is 9.22. The van der Waals surface area contributed by atoms with E-state index in [9.17, 15) is 0 Å². The number of nitrogens with one attached hydrogen (secondary N) is 1. The van der Waals surface area contributed by atoms with Crippen LogP contribution in [0.3, 0.4) is 0 Å². The minimum atomic E-state index is 0.266. The smallest absolute Gasteiger partial charge is 0.161 e. The molecule has 1 fully saturated rings. The van der Waals surface area contributed by atoms with E-state index in [2.05, 4.69) is 37.4 Å². The Morgan fingerprint density at radius 1 is 1.32 bits per heavy atom. The number of thioether (sulfide) groups is 1. The number of rotatable bonds is 2. The van der Waals surface area contributed by atoms with Gasteiger partial charge in [-0.25, -0.2) is 0 Å². The third kappa shape index (κ3) is 2.53. The second-order valence-electron chi connectivity index (χ2n) is 5.72. The van der Waals surface area contributed by atoms with Crippen molar-refractivity contribution >= 4 is 22.6 Å². The normalized spacial score (nSPS) is 20.8. The molecule has 3 heteroatoms. The van der Waals surface area contributed by atoms with Crippen LogP contribution in [0.25, 0.3) is 0 Å². The summed E-state index contributed by atoms with van der Waals surface area (Å²) in [4.78, 5) is 5.00. The van der Waals surface area contributed by atoms with Crippen LogP contribution in [0.5, 0.6) is 0 Å². The highest BCUT2D eigenvalue weighted by Crippen LogP contribution is 2.41. The minimum absolute atomic E-state index is 0.266. The lowest BCUT2D eigenvalue weighted by Crippen LogP contribution is -2.21. The van der Waals surface area contributed by atoms with Gasteiger partial charge in [-0.1, -0.05) is 49.7 Å². The van der Waals surface area contributed by atoms with Crippen LogP contribution >= 0.6 is 11.8 Å². The van der Waals surface area contributed by atoms with E-state index in [1.54, 1.807) is 0 Å². The van der Waals surface area contributed by atoms with E-state index >= 15 is 0 Å². The largest absolute Gasteiger partial charge is 0.335 e. The molecule has 1 N–H and O–H groups in total. The molecule has 0 unspecified atom stereocenters. The van der Waals surface area contributed by atoms with Crippen molar-refractivity contribution in [3.63, 3.8) is 0 Å². The zero-order valence-corrected chi connectivity index (χ0v) is 12.6. The first-order valence-corrected chi connectivity index (χ1v) is 8.29. The summed E-state index contributed by atoms with van der Waals surface area (Å²) in [6.45, 7) is 4.38. The van der Waals surface area contributed by atoms with Gasteiger partial charge >= 0.3 is 0 Å². The molecule has 0 aromatic heterocycles. The highest BCUT2D eigenvalue weighted by Gasteiger charge is 2.38. The van der Waals surface area contributed by atoms with Crippen molar-refractivity contribution in [2.75, 3.05) is 11.1 Å². The second kappa shape index (κ2) is 5.20. The molecule has 0 radical (unpaired) electrons. The van der Waals surface area contributed by atoms with Crippen molar-refractivity contribution < 1.29 is 0 Å². The van der Waals surface area contributed by atoms with E-state index in [4.69, 9.17) is 4.99 Å². The minimum Gasteiger partial charge on any atom is -0.335 e. The predicted molar refractivity (Wildman–Crippen MR) is 85.3 cm³/mol. The van der Waals surface area contributed by atoms with Crippen LogP contribution < -0.4 is 5.32 Å². The quantitative estimate of drug-likeness (QED) is 0.865. The van der Waals surface area contributed by atoms with Gasteiger partial charge in [0.2, 0.25) is 0 Å². The molecule has 1 saturated carbocycles. The number of amidine groups is 1. The number of hydrogen-bond acceptors (Lipinski definition) is 3. The fourth-order valence-electron chi connectivity index (χ4n) is 3.14. The number of benzene rings is 1. The van der Waals surface area contributed by atoms with E-state index in [1.807, 2.05) is 11.8 Å². The average Bonchev–Trinajstić information content (AvgIpc) is 3.03. The van der Waals surface area contributed by atoms with Crippen LogP contribution in [0, 0.1) is 6.92 Å². The Bertz CT molecular complexity index is 501. The third-order valence-electron chi connectivity index (χ3n) is 4.32. The molecule has 0 saturated heterocycles. The average molecular weight is 274 g/mol. The van der Waals surface area contributed by atoms with Crippen LogP contribution in [0.2, 0.25) is 0 Å². The number of anilines is 1. The van der Waals surface area contributed by atoms with Crippen LogP contribution in [0.1, 0.15) is 43.7 Å². The van der Waals surface area contributed by atoms with Crippen LogP contribution in [-0.4, -0.2) is 16.5 Å². The molecule has 102 valence electrons. The highest BCUT2D eigenvalue weighted by molar-refractivity contribution is 8.14. The molecule has 2 nitrogen and oxygen atoms in total. The third-order valence-corrected chi connectivity index (χ3v) is 5.47. The van der Waals surface area contributed by atoms with Gasteiger partial charge in [-0.15, -0.1) is 0 Å². The maximum absolute atomic E-state index is 5.00. The number of aliphatic imine (C=N–C) groups is 1. The van der Waals surface area contributed by atoms with Crippen LogP contribution in [0.4, 0.5) is 5.69 Å². The Morgan fingerprint density at radius 3 is 2.84 bits per heavy atom. The lowest BCUT2D eigenvalue weighted by molar-refractivity contribution is 0.508. The van der Waals surface area contributed by atoms with Gasteiger partial charge in [0.15, 0.2) is 5.17 Å². The molecule has 1 aromatic rings. The summed E-state index contributed by atoms with van der Waals surface area (Å²) in [6, 6.07) is 6.52. The Morgan fingerprint density at radius 2 is 2.11 bits per heavy atom. The second-order valence-corrected chi connectivity index (χ2v) is 6.69. The van der Waals surface area contributed by atoms with Gasteiger partial charge in [0.1, 0.15) is 0 Å². The summed E-state index contributed by atoms with van der Waals surface area (Å²) >= 11 is 1.90.